The number of phenols is 1. The Kier molecular flexibility index (Phi) is 5.69. The van der Waals surface area contributed by atoms with Gasteiger partial charge in [-0.15, -0.1) is 0 Å². The zero-order chi connectivity index (χ0) is 18.4. The van der Waals surface area contributed by atoms with E-state index >= 15 is 0 Å². The van der Waals surface area contributed by atoms with E-state index in [9.17, 15) is 9.90 Å². The molecule has 1 aliphatic rings. The molecule has 1 aromatic carbocycles. The summed E-state index contributed by atoms with van der Waals surface area (Å²) >= 11 is 0. The van der Waals surface area contributed by atoms with Gasteiger partial charge in [-0.1, -0.05) is 19.3 Å². The van der Waals surface area contributed by atoms with E-state index in [0.29, 0.717) is 0 Å². The van der Waals surface area contributed by atoms with Gasteiger partial charge in [-0.3, -0.25) is 4.79 Å². The average molecular weight is 350 g/mol. The molecule has 134 valence electrons. The minimum absolute atomic E-state index is 0.0569. The van der Waals surface area contributed by atoms with Crippen LogP contribution >= 0.6 is 0 Å². The van der Waals surface area contributed by atoms with E-state index in [1.807, 2.05) is 24.5 Å². The lowest BCUT2D eigenvalue weighted by molar-refractivity contribution is 0.0955. The lowest BCUT2D eigenvalue weighted by Gasteiger charge is -2.21. The van der Waals surface area contributed by atoms with Gasteiger partial charge in [0.2, 0.25) is 0 Å². The predicted octanol–water partition coefficient (Wildman–Crippen LogP) is 3.41. The van der Waals surface area contributed by atoms with Gasteiger partial charge >= 0.3 is 0 Å². The van der Waals surface area contributed by atoms with E-state index in [2.05, 4.69) is 15.1 Å². The zero-order valence-electron chi connectivity index (χ0n) is 14.6. The number of phenolic OH excluding ortho intramolecular Hbond substituents is 1. The third-order valence-electron chi connectivity index (χ3n) is 4.73. The molecule has 1 saturated carbocycles. The van der Waals surface area contributed by atoms with E-state index < -0.39 is 5.91 Å². The maximum Gasteiger partial charge on any atom is 0.271 e. The molecule has 0 aliphatic heterocycles. The van der Waals surface area contributed by atoms with Crippen LogP contribution in [-0.4, -0.2) is 21.8 Å². The highest BCUT2D eigenvalue weighted by molar-refractivity contribution is 5.95. The first-order valence-electron chi connectivity index (χ1n) is 8.88. The summed E-state index contributed by atoms with van der Waals surface area (Å²) in [4.78, 5) is 12.1. The predicted molar refractivity (Wildman–Crippen MR) is 98.9 cm³/mol. The van der Waals surface area contributed by atoms with Gasteiger partial charge in [0.1, 0.15) is 11.8 Å². The summed E-state index contributed by atoms with van der Waals surface area (Å²) in [5.41, 5.74) is 3.69. The van der Waals surface area contributed by atoms with Gasteiger partial charge in [0.15, 0.2) is 0 Å². The van der Waals surface area contributed by atoms with Crippen molar-refractivity contribution in [3.63, 3.8) is 0 Å². The minimum Gasteiger partial charge on any atom is -0.507 e. The quantitative estimate of drug-likeness (QED) is 0.639. The number of aromatic nitrogens is 1. The van der Waals surface area contributed by atoms with E-state index in [1.165, 1.54) is 50.3 Å². The molecule has 6 heteroatoms. The van der Waals surface area contributed by atoms with E-state index in [-0.39, 0.29) is 16.9 Å². The number of nitriles is 1. The summed E-state index contributed by atoms with van der Waals surface area (Å²) in [5.74, 6) is 0.177. The number of hydrogen-bond donors (Lipinski definition) is 2. The second kappa shape index (κ2) is 8.34. The highest BCUT2D eigenvalue weighted by Gasteiger charge is 2.13. The number of carbonyl (C=O) groups excluding carboxylic acids is 1. The largest absolute Gasteiger partial charge is 0.507 e. The Bertz CT molecular complexity index is 842. The molecule has 1 fully saturated rings. The maximum absolute atomic E-state index is 12.1. The molecular formula is C20H22N4O2. The molecule has 1 heterocycles. The second-order valence-corrected chi connectivity index (χ2v) is 6.69. The molecule has 0 saturated heterocycles. The molecule has 26 heavy (non-hydrogen) atoms. The van der Waals surface area contributed by atoms with Crippen molar-refractivity contribution >= 4 is 12.1 Å². The van der Waals surface area contributed by atoms with Gasteiger partial charge in [-0.25, -0.2) is 5.43 Å². The smallest absolute Gasteiger partial charge is 0.271 e. The Morgan fingerprint density at radius 1 is 1.35 bits per heavy atom. The molecule has 0 radical (unpaired) electrons. The van der Waals surface area contributed by atoms with Gasteiger partial charge in [0, 0.05) is 30.1 Å². The van der Waals surface area contributed by atoms with Crippen LogP contribution < -0.4 is 5.43 Å². The number of rotatable bonds is 5. The van der Waals surface area contributed by atoms with Crippen molar-refractivity contribution in [2.45, 2.75) is 38.6 Å². The van der Waals surface area contributed by atoms with Crippen molar-refractivity contribution in [3.8, 4) is 11.8 Å². The number of benzene rings is 1. The molecule has 0 unspecified atom stereocenters. The van der Waals surface area contributed by atoms with Crippen LogP contribution in [0.1, 0.15) is 53.6 Å². The molecule has 0 spiro atoms. The van der Waals surface area contributed by atoms with Crippen LogP contribution in [0, 0.1) is 17.2 Å². The Morgan fingerprint density at radius 3 is 2.92 bits per heavy atom. The Morgan fingerprint density at radius 2 is 2.15 bits per heavy atom. The molecule has 3 rings (SSSR count). The number of hydrazone groups is 1. The first-order chi connectivity index (χ1) is 12.7. The average Bonchev–Trinajstić information content (AvgIpc) is 3.10. The fraction of sp³-hybridized carbons (Fsp3) is 0.350. The van der Waals surface area contributed by atoms with Crippen LogP contribution in [0.5, 0.6) is 5.75 Å². The zero-order valence-corrected chi connectivity index (χ0v) is 14.6. The van der Waals surface area contributed by atoms with Crippen LogP contribution in [-0.2, 0) is 6.54 Å². The molecule has 1 amide bonds. The van der Waals surface area contributed by atoms with Crippen LogP contribution in [0.4, 0.5) is 0 Å². The van der Waals surface area contributed by atoms with Crippen molar-refractivity contribution < 1.29 is 9.90 Å². The summed E-state index contributed by atoms with van der Waals surface area (Å²) in [5, 5.41) is 22.3. The van der Waals surface area contributed by atoms with Crippen LogP contribution in [0.15, 0.2) is 41.8 Å². The van der Waals surface area contributed by atoms with Crippen molar-refractivity contribution in [2.75, 3.05) is 0 Å². The van der Waals surface area contributed by atoms with E-state index in [1.54, 1.807) is 6.21 Å². The molecule has 1 aromatic heterocycles. The highest BCUT2D eigenvalue weighted by atomic mass is 16.3. The van der Waals surface area contributed by atoms with Crippen molar-refractivity contribution in [3.05, 3.63) is 53.3 Å². The van der Waals surface area contributed by atoms with Crippen LogP contribution in [0.2, 0.25) is 0 Å². The summed E-state index contributed by atoms with van der Waals surface area (Å²) in [6.07, 6.45) is 12.3. The summed E-state index contributed by atoms with van der Waals surface area (Å²) in [6.45, 7) is 1.03. The number of amides is 1. The number of aromatic hydroxyl groups is 1. The van der Waals surface area contributed by atoms with Gasteiger partial charge < -0.3 is 9.67 Å². The topological polar surface area (TPSA) is 90.4 Å². The molecular weight excluding hydrogens is 328 g/mol. The lowest BCUT2D eigenvalue weighted by Crippen LogP contribution is -2.17. The number of nitrogens with zero attached hydrogens (tertiary/aromatic N) is 3. The summed E-state index contributed by atoms with van der Waals surface area (Å²) in [7, 11) is 0. The molecule has 0 bridgehead atoms. The fourth-order valence-electron chi connectivity index (χ4n) is 3.31. The Hall–Kier alpha value is -3.07. The third-order valence-corrected chi connectivity index (χ3v) is 4.73. The van der Waals surface area contributed by atoms with Crippen LogP contribution in [0.3, 0.4) is 0 Å². The standard InChI is InChI=1S/C20H22N4O2/c21-11-18-10-17(6-7-19(18)25)20(26)23-22-12-16-8-9-24(14-16)13-15-4-2-1-3-5-15/h6-10,12,14-15,25H,1-5,13H2,(H,23,26). The maximum atomic E-state index is 12.1. The first kappa shape index (κ1) is 17.7. The number of hydrogen-bond acceptors (Lipinski definition) is 4. The fourth-order valence-corrected chi connectivity index (χ4v) is 3.31. The SMILES string of the molecule is N#Cc1cc(C(=O)NN=Cc2ccn(CC3CCCCC3)c2)ccc1O. The van der Waals surface area contributed by atoms with E-state index in [4.69, 9.17) is 5.26 Å². The molecule has 6 nitrogen and oxygen atoms in total. The molecule has 2 aromatic rings. The first-order valence-corrected chi connectivity index (χ1v) is 8.88. The summed E-state index contributed by atoms with van der Waals surface area (Å²) < 4.78 is 2.18. The normalized spacial score (nSPS) is 15.0. The van der Waals surface area contributed by atoms with Gasteiger partial charge in [0.05, 0.1) is 11.8 Å². The minimum atomic E-state index is -0.431. The monoisotopic (exact) mass is 350 g/mol. The van der Waals surface area contributed by atoms with Gasteiger partial charge in [-0.2, -0.15) is 10.4 Å². The summed E-state index contributed by atoms with van der Waals surface area (Å²) in [6, 6.07) is 7.90. The Labute approximate surface area is 152 Å². The highest BCUT2D eigenvalue weighted by Crippen LogP contribution is 2.25. The van der Waals surface area contributed by atoms with E-state index in [0.717, 1.165) is 18.0 Å². The van der Waals surface area contributed by atoms with Crippen molar-refractivity contribution in [1.29, 1.82) is 5.26 Å². The number of nitrogens with one attached hydrogen (secondary N) is 1. The van der Waals surface area contributed by atoms with Gasteiger partial charge in [0.25, 0.3) is 5.91 Å². The van der Waals surface area contributed by atoms with Crippen molar-refractivity contribution in [2.24, 2.45) is 11.0 Å². The lowest BCUT2D eigenvalue weighted by atomic mass is 9.89. The van der Waals surface area contributed by atoms with Gasteiger partial charge in [-0.05, 0) is 43.0 Å². The van der Waals surface area contributed by atoms with Crippen LogP contribution in [0.25, 0.3) is 0 Å². The van der Waals surface area contributed by atoms with Crippen molar-refractivity contribution in [1.82, 2.24) is 9.99 Å². The second-order valence-electron chi connectivity index (χ2n) is 6.69. The molecule has 0 atom stereocenters. The molecule has 2 N–H and O–H groups in total. The number of carbonyl (C=O) groups is 1. The molecule has 1 aliphatic carbocycles. The Balaban J connectivity index is 1.55. The third kappa shape index (κ3) is 4.51.